The van der Waals surface area contributed by atoms with Crippen LogP contribution < -0.4 is 10.6 Å². The Hall–Kier alpha value is -2.14. The average molecular weight is 433 g/mol. The molecule has 2 aromatic rings. The summed E-state index contributed by atoms with van der Waals surface area (Å²) in [4.78, 5) is 8.23. The van der Waals surface area contributed by atoms with Crippen LogP contribution in [0.2, 0.25) is 0 Å². The van der Waals surface area contributed by atoms with Crippen molar-refractivity contribution in [2.75, 3.05) is 26.8 Å². The van der Waals surface area contributed by atoms with Crippen molar-refractivity contribution in [2.24, 2.45) is 4.99 Å². The van der Waals surface area contributed by atoms with Gasteiger partial charge in [0.05, 0.1) is 30.4 Å². The van der Waals surface area contributed by atoms with Crippen LogP contribution >= 0.6 is 11.3 Å². The lowest BCUT2D eigenvalue weighted by molar-refractivity contribution is -0.140. The molecule has 0 spiro atoms. The summed E-state index contributed by atoms with van der Waals surface area (Å²) in [6.45, 7) is 8.72. The molecule has 2 rings (SSSR count). The van der Waals surface area contributed by atoms with Crippen LogP contribution in [-0.2, 0) is 30.4 Å². The third-order valence-electron chi connectivity index (χ3n) is 4.25. The fourth-order valence-electron chi connectivity index (χ4n) is 2.70. The van der Waals surface area contributed by atoms with Gasteiger partial charge in [0, 0.05) is 43.3 Å². The van der Waals surface area contributed by atoms with E-state index >= 15 is 0 Å². The van der Waals surface area contributed by atoms with Gasteiger partial charge in [-0.05, 0) is 20.8 Å². The quantitative estimate of drug-likeness (QED) is 0.471. The topological polar surface area (TPSA) is 76.4 Å². The molecule has 11 heteroatoms. The van der Waals surface area contributed by atoms with Crippen molar-refractivity contribution >= 4 is 17.3 Å². The standard InChI is InChI=1S/C18H27F3N6OS/c1-5-22-17(23-7-6-16-25-15(11-29-16)18(19,20)21)24-10-14-12(2)26-27(13(14)3)8-9-28-4/h11H,5-10H2,1-4H3,(H2,22,23,24). The second kappa shape index (κ2) is 10.6. The molecule has 29 heavy (non-hydrogen) atoms. The van der Waals surface area contributed by atoms with Crippen LogP contribution in [0.15, 0.2) is 10.4 Å². The van der Waals surface area contributed by atoms with Crippen molar-refractivity contribution in [2.45, 2.75) is 46.5 Å². The maximum atomic E-state index is 12.6. The summed E-state index contributed by atoms with van der Waals surface area (Å²) in [5.74, 6) is 0.601. The molecule has 0 radical (unpaired) electrons. The van der Waals surface area contributed by atoms with E-state index < -0.39 is 11.9 Å². The summed E-state index contributed by atoms with van der Waals surface area (Å²) >= 11 is 1.01. The summed E-state index contributed by atoms with van der Waals surface area (Å²) in [7, 11) is 1.65. The van der Waals surface area contributed by atoms with Crippen molar-refractivity contribution in [3.05, 3.63) is 33.0 Å². The molecular formula is C18H27F3N6OS. The molecule has 0 atom stereocenters. The Bertz CT molecular complexity index is 815. The maximum absolute atomic E-state index is 12.6. The van der Waals surface area contributed by atoms with E-state index in [1.165, 1.54) is 0 Å². The lowest BCUT2D eigenvalue weighted by Crippen LogP contribution is -2.38. The Morgan fingerprint density at radius 2 is 2.07 bits per heavy atom. The van der Waals surface area contributed by atoms with Crippen molar-refractivity contribution in [3.63, 3.8) is 0 Å². The molecule has 0 aliphatic carbocycles. The molecule has 0 bridgehead atoms. The number of hydrogen-bond acceptors (Lipinski definition) is 5. The van der Waals surface area contributed by atoms with Gasteiger partial charge in [-0.3, -0.25) is 4.68 Å². The smallest absolute Gasteiger partial charge is 0.383 e. The van der Waals surface area contributed by atoms with E-state index in [0.29, 0.717) is 50.2 Å². The zero-order chi connectivity index (χ0) is 21.4. The van der Waals surface area contributed by atoms with E-state index in [-0.39, 0.29) is 0 Å². The van der Waals surface area contributed by atoms with Gasteiger partial charge in [-0.2, -0.15) is 18.3 Å². The molecular weight excluding hydrogens is 405 g/mol. The van der Waals surface area contributed by atoms with E-state index in [0.717, 1.165) is 33.7 Å². The summed E-state index contributed by atoms with van der Waals surface area (Å²) < 4.78 is 44.9. The predicted molar refractivity (Wildman–Crippen MR) is 107 cm³/mol. The van der Waals surface area contributed by atoms with Gasteiger partial charge in [-0.1, -0.05) is 0 Å². The van der Waals surface area contributed by atoms with Gasteiger partial charge < -0.3 is 15.4 Å². The Labute approximate surface area is 172 Å². The van der Waals surface area contributed by atoms with Gasteiger partial charge >= 0.3 is 6.18 Å². The van der Waals surface area contributed by atoms with Gasteiger partial charge in [0.1, 0.15) is 0 Å². The van der Waals surface area contributed by atoms with E-state index in [1.807, 2.05) is 25.5 Å². The lowest BCUT2D eigenvalue weighted by Gasteiger charge is -2.11. The molecule has 0 amide bonds. The predicted octanol–water partition coefficient (Wildman–Crippen LogP) is 2.92. The highest BCUT2D eigenvalue weighted by Gasteiger charge is 2.33. The molecule has 7 nitrogen and oxygen atoms in total. The monoisotopic (exact) mass is 432 g/mol. The molecule has 0 saturated carbocycles. The van der Waals surface area contributed by atoms with Gasteiger partial charge in [-0.15, -0.1) is 11.3 Å². The third kappa shape index (κ3) is 6.70. The minimum atomic E-state index is -4.40. The number of hydrogen-bond donors (Lipinski definition) is 2. The first-order chi connectivity index (χ1) is 13.8. The zero-order valence-electron chi connectivity index (χ0n) is 17.1. The number of nitrogens with one attached hydrogen (secondary N) is 2. The van der Waals surface area contributed by atoms with E-state index in [2.05, 4.69) is 25.7 Å². The SMILES string of the molecule is CCNC(=NCc1c(C)nn(CCOC)c1C)NCCc1nc(C(F)(F)F)cs1. The average Bonchev–Trinajstić information content (AvgIpc) is 3.23. The minimum Gasteiger partial charge on any atom is -0.383 e. The molecule has 2 heterocycles. The molecule has 2 aromatic heterocycles. The molecule has 0 unspecified atom stereocenters. The van der Waals surface area contributed by atoms with Gasteiger partial charge in [-0.25, -0.2) is 9.98 Å². The number of rotatable bonds is 9. The van der Waals surface area contributed by atoms with E-state index in [4.69, 9.17) is 4.74 Å². The first kappa shape index (κ1) is 23.1. The molecule has 162 valence electrons. The second-order valence-electron chi connectivity index (χ2n) is 6.36. The molecule has 0 saturated heterocycles. The summed E-state index contributed by atoms with van der Waals surface area (Å²) in [6, 6.07) is 0. The van der Waals surface area contributed by atoms with E-state index in [1.54, 1.807) is 7.11 Å². The van der Waals surface area contributed by atoms with Gasteiger partial charge in [0.2, 0.25) is 0 Å². The number of aromatic nitrogens is 3. The number of guanidine groups is 1. The van der Waals surface area contributed by atoms with Crippen molar-refractivity contribution < 1.29 is 17.9 Å². The largest absolute Gasteiger partial charge is 0.434 e. The minimum absolute atomic E-state index is 0.387. The van der Waals surface area contributed by atoms with Gasteiger partial charge in [0.25, 0.3) is 0 Å². The van der Waals surface area contributed by atoms with E-state index in [9.17, 15) is 13.2 Å². The fourth-order valence-corrected chi connectivity index (χ4v) is 3.51. The number of halogens is 3. The summed E-state index contributed by atoms with van der Waals surface area (Å²) in [5, 5.41) is 12.3. The summed E-state index contributed by atoms with van der Waals surface area (Å²) in [5.41, 5.74) is 2.17. The zero-order valence-corrected chi connectivity index (χ0v) is 17.9. The van der Waals surface area contributed by atoms with Crippen LogP contribution in [0.5, 0.6) is 0 Å². The Morgan fingerprint density at radius 1 is 1.31 bits per heavy atom. The highest BCUT2D eigenvalue weighted by Crippen LogP contribution is 2.30. The number of aryl methyl sites for hydroxylation is 1. The fraction of sp³-hybridized carbons (Fsp3) is 0.611. The Morgan fingerprint density at radius 3 is 2.69 bits per heavy atom. The molecule has 2 N–H and O–H groups in total. The van der Waals surface area contributed by atoms with Crippen LogP contribution in [0.3, 0.4) is 0 Å². The highest BCUT2D eigenvalue weighted by atomic mass is 32.1. The third-order valence-corrected chi connectivity index (χ3v) is 5.16. The Kier molecular flexibility index (Phi) is 8.45. The van der Waals surface area contributed by atoms with Crippen LogP contribution in [0, 0.1) is 13.8 Å². The first-order valence-electron chi connectivity index (χ1n) is 9.31. The number of methoxy groups -OCH3 is 1. The lowest BCUT2D eigenvalue weighted by atomic mass is 10.2. The van der Waals surface area contributed by atoms with Crippen molar-refractivity contribution in [1.29, 1.82) is 0 Å². The Balaban J connectivity index is 1.96. The van der Waals surface area contributed by atoms with Gasteiger partial charge in [0.15, 0.2) is 11.7 Å². The summed E-state index contributed by atoms with van der Waals surface area (Å²) in [6.07, 6.45) is -4.01. The number of aliphatic imine (C=N–C) groups is 1. The van der Waals surface area contributed by atoms with Crippen LogP contribution in [0.4, 0.5) is 13.2 Å². The van der Waals surface area contributed by atoms with Crippen molar-refractivity contribution in [3.8, 4) is 0 Å². The number of ether oxygens (including phenoxy) is 1. The molecule has 0 aliphatic rings. The molecule has 0 aromatic carbocycles. The number of alkyl halides is 3. The maximum Gasteiger partial charge on any atom is 0.434 e. The number of nitrogens with zero attached hydrogens (tertiary/aromatic N) is 4. The first-order valence-corrected chi connectivity index (χ1v) is 10.2. The van der Waals surface area contributed by atoms with Crippen molar-refractivity contribution in [1.82, 2.24) is 25.4 Å². The number of thiazole rings is 1. The second-order valence-corrected chi connectivity index (χ2v) is 7.30. The van der Waals surface area contributed by atoms with Crippen LogP contribution in [-0.4, -0.2) is 47.5 Å². The molecule has 0 aliphatic heterocycles. The van der Waals surface area contributed by atoms with Crippen LogP contribution in [0.25, 0.3) is 0 Å². The highest BCUT2D eigenvalue weighted by molar-refractivity contribution is 7.09. The van der Waals surface area contributed by atoms with Crippen LogP contribution in [0.1, 0.15) is 34.6 Å². The normalized spacial score (nSPS) is 12.4. The molecule has 0 fully saturated rings.